The summed E-state index contributed by atoms with van der Waals surface area (Å²) in [6.07, 6.45) is 0. The van der Waals surface area contributed by atoms with Crippen molar-refractivity contribution in [1.29, 1.82) is 0 Å². The van der Waals surface area contributed by atoms with Crippen LogP contribution in [0, 0.1) is 0 Å². The first-order chi connectivity index (χ1) is 10.9. The van der Waals surface area contributed by atoms with Gasteiger partial charge in [-0.15, -0.1) is 0 Å². The third-order valence-corrected chi connectivity index (χ3v) is 5.90. The molecule has 2 aromatic carbocycles. The molecule has 0 atom stereocenters. The molecule has 122 valence electrons. The molecule has 0 N–H and O–H groups in total. The van der Waals surface area contributed by atoms with Crippen LogP contribution in [-0.2, 0) is 9.84 Å². The number of rotatable bonds is 5. The maximum atomic E-state index is 12.6. The fourth-order valence-corrected chi connectivity index (χ4v) is 3.75. The Balaban J connectivity index is 2.32. The van der Waals surface area contributed by atoms with Crippen molar-refractivity contribution in [3.8, 4) is 0 Å². The highest BCUT2D eigenvalue weighted by Gasteiger charge is 2.19. The molecular formula is C17H18BrNO3S. The molecule has 6 heteroatoms. The molecule has 1 amide bonds. The summed E-state index contributed by atoms with van der Waals surface area (Å²) in [5.41, 5.74) is 0.489. The molecule has 23 heavy (non-hydrogen) atoms. The molecule has 0 saturated carbocycles. The van der Waals surface area contributed by atoms with E-state index in [1.807, 2.05) is 13.8 Å². The van der Waals surface area contributed by atoms with Gasteiger partial charge in [0.05, 0.1) is 9.79 Å². The minimum atomic E-state index is -3.58. The predicted octanol–water partition coefficient (Wildman–Crippen LogP) is 3.76. The van der Waals surface area contributed by atoms with E-state index in [-0.39, 0.29) is 15.7 Å². The molecule has 0 aliphatic heterocycles. The zero-order valence-corrected chi connectivity index (χ0v) is 15.4. The number of nitrogens with zero attached hydrogens (tertiary/aromatic N) is 1. The van der Waals surface area contributed by atoms with Crippen LogP contribution >= 0.6 is 15.9 Å². The Kier molecular flexibility index (Phi) is 5.59. The van der Waals surface area contributed by atoms with Gasteiger partial charge >= 0.3 is 0 Å². The van der Waals surface area contributed by atoms with Crippen LogP contribution in [0.1, 0.15) is 24.2 Å². The molecule has 0 aromatic heterocycles. The van der Waals surface area contributed by atoms with Gasteiger partial charge in [0.25, 0.3) is 5.91 Å². The molecule has 0 radical (unpaired) electrons. The SMILES string of the molecule is CCN(CC)C(=O)c1ccc(S(=O)(=O)c2ccc(Br)cc2)cc1. The first kappa shape index (κ1) is 17.7. The molecule has 0 fully saturated rings. The largest absolute Gasteiger partial charge is 0.339 e. The lowest BCUT2D eigenvalue weighted by molar-refractivity contribution is 0.0773. The average Bonchev–Trinajstić information content (AvgIpc) is 2.56. The van der Waals surface area contributed by atoms with Crippen molar-refractivity contribution in [3.05, 3.63) is 58.6 Å². The Morgan fingerprint density at radius 3 is 1.78 bits per heavy atom. The van der Waals surface area contributed by atoms with Crippen molar-refractivity contribution >= 4 is 31.7 Å². The summed E-state index contributed by atoms with van der Waals surface area (Å²) >= 11 is 3.28. The number of hydrogen-bond acceptors (Lipinski definition) is 3. The normalized spacial score (nSPS) is 11.3. The quantitative estimate of drug-likeness (QED) is 0.773. The van der Waals surface area contributed by atoms with Gasteiger partial charge in [-0.2, -0.15) is 0 Å². The Bertz CT molecular complexity index is 780. The van der Waals surface area contributed by atoms with Crippen LogP contribution in [0.4, 0.5) is 0 Å². The van der Waals surface area contributed by atoms with Crippen molar-refractivity contribution in [2.75, 3.05) is 13.1 Å². The van der Waals surface area contributed by atoms with Gasteiger partial charge in [0.1, 0.15) is 0 Å². The number of sulfone groups is 1. The van der Waals surface area contributed by atoms with E-state index in [2.05, 4.69) is 15.9 Å². The molecule has 0 aliphatic carbocycles. The highest BCUT2D eigenvalue weighted by molar-refractivity contribution is 9.10. The van der Waals surface area contributed by atoms with E-state index in [9.17, 15) is 13.2 Å². The first-order valence-electron chi connectivity index (χ1n) is 7.30. The van der Waals surface area contributed by atoms with E-state index in [1.165, 1.54) is 12.1 Å². The Labute approximate surface area is 145 Å². The lowest BCUT2D eigenvalue weighted by Crippen LogP contribution is -2.30. The number of halogens is 1. The molecule has 0 bridgehead atoms. The van der Waals surface area contributed by atoms with E-state index in [1.54, 1.807) is 41.3 Å². The second kappa shape index (κ2) is 7.27. The molecule has 0 spiro atoms. The van der Waals surface area contributed by atoms with Crippen molar-refractivity contribution in [3.63, 3.8) is 0 Å². The van der Waals surface area contributed by atoms with Crippen molar-refractivity contribution in [2.45, 2.75) is 23.6 Å². The summed E-state index contributed by atoms with van der Waals surface area (Å²) in [5.74, 6) is -0.0948. The molecule has 2 aromatic rings. The summed E-state index contributed by atoms with van der Waals surface area (Å²) < 4.78 is 25.9. The van der Waals surface area contributed by atoms with Crippen LogP contribution in [0.25, 0.3) is 0 Å². The van der Waals surface area contributed by atoms with Gasteiger partial charge in [-0.25, -0.2) is 8.42 Å². The Hall–Kier alpha value is -1.66. The molecular weight excluding hydrogens is 378 g/mol. The second-order valence-electron chi connectivity index (χ2n) is 4.96. The zero-order valence-electron chi connectivity index (χ0n) is 13.0. The van der Waals surface area contributed by atoms with Gasteiger partial charge < -0.3 is 4.90 Å². The van der Waals surface area contributed by atoms with E-state index < -0.39 is 9.84 Å². The summed E-state index contributed by atoms with van der Waals surface area (Å²) in [4.78, 5) is 14.3. The predicted molar refractivity (Wildman–Crippen MR) is 93.3 cm³/mol. The smallest absolute Gasteiger partial charge is 0.253 e. The highest BCUT2D eigenvalue weighted by Crippen LogP contribution is 2.23. The number of carbonyl (C=O) groups is 1. The number of benzene rings is 2. The van der Waals surface area contributed by atoms with E-state index in [0.717, 1.165) is 4.47 Å². The second-order valence-corrected chi connectivity index (χ2v) is 7.82. The number of amides is 1. The number of carbonyl (C=O) groups excluding carboxylic acids is 1. The van der Waals surface area contributed by atoms with Crippen molar-refractivity contribution < 1.29 is 13.2 Å². The van der Waals surface area contributed by atoms with Gasteiger partial charge in [-0.1, -0.05) is 15.9 Å². The van der Waals surface area contributed by atoms with Gasteiger partial charge in [-0.05, 0) is 62.4 Å². The fraction of sp³-hybridized carbons (Fsp3) is 0.235. The molecule has 2 rings (SSSR count). The van der Waals surface area contributed by atoms with Crippen LogP contribution in [-0.4, -0.2) is 32.3 Å². The third kappa shape index (κ3) is 3.82. The zero-order chi connectivity index (χ0) is 17.0. The van der Waals surface area contributed by atoms with Gasteiger partial charge in [0.15, 0.2) is 0 Å². The lowest BCUT2D eigenvalue weighted by atomic mass is 10.2. The van der Waals surface area contributed by atoms with Crippen molar-refractivity contribution in [1.82, 2.24) is 4.90 Å². The van der Waals surface area contributed by atoms with Gasteiger partial charge in [0, 0.05) is 23.1 Å². The summed E-state index contributed by atoms with van der Waals surface area (Å²) in [6.45, 7) is 5.06. The van der Waals surface area contributed by atoms with Crippen LogP contribution in [0.15, 0.2) is 62.8 Å². The van der Waals surface area contributed by atoms with Crippen LogP contribution in [0.2, 0.25) is 0 Å². The lowest BCUT2D eigenvalue weighted by Gasteiger charge is -2.18. The van der Waals surface area contributed by atoms with Crippen LogP contribution in [0.3, 0.4) is 0 Å². The maximum Gasteiger partial charge on any atom is 0.253 e. The molecule has 4 nitrogen and oxygen atoms in total. The summed E-state index contributed by atoms with van der Waals surface area (Å²) in [6, 6.07) is 12.6. The average molecular weight is 396 g/mol. The maximum absolute atomic E-state index is 12.6. The minimum absolute atomic E-state index is 0.0948. The van der Waals surface area contributed by atoms with Crippen LogP contribution < -0.4 is 0 Å². The van der Waals surface area contributed by atoms with Gasteiger partial charge in [-0.3, -0.25) is 4.79 Å². The molecule has 0 aliphatic rings. The summed E-state index contributed by atoms with van der Waals surface area (Å²) in [5, 5.41) is 0. The van der Waals surface area contributed by atoms with E-state index in [0.29, 0.717) is 18.7 Å². The molecule has 0 unspecified atom stereocenters. The fourth-order valence-electron chi connectivity index (χ4n) is 2.22. The third-order valence-electron chi connectivity index (χ3n) is 3.59. The summed E-state index contributed by atoms with van der Waals surface area (Å²) in [7, 11) is -3.58. The number of hydrogen-bond donors (Lipinski definition) is 0. The van der Waals surface area contributed by atoms with E-state index >= 15 is 0 Å². The topological polar surface area (TPSA) is 54.5 Å². The van der Waals surface area contributed by atoms with E-state index in [4.69, 9.17) is 0 Å². The van der Waals surface area contributed by atoms with Crippen molar-refractivity contribution in [2.24, 2.45) is 0 Å². The first-order valence-corrected chi connectivity index (χ1v) is 9.57. The highest BCUT2D eigenvalue weighted by atomic mass is 79.9. The van der Waals surface area contributed by atoms with Gasteiger partial charge in [0.2, 0.25) is 9.84 Å². The minimum Gasteiger partial charge on any atom is -0.339 e. The standard InChI is InChI=1S/C17H18BrNO3S/c1-3-19(4-2)17(20)13-5-9-15(10-6-13)23(21,22)16-11-7-14(18)8-12-16/h5-12H,3-4H2,1-2H3. The van der Waals surface area contributed by atoms with Crippen LogP contribution in [0.5, 0.6) is 0 Å². The Morgan fingerprint density at radius 2 is 1.35 bits per heavy atom. The molecule has 0 saturated heterocycles. The Morgan fingerprint density at radius 1 is 0.913 bits per heavy atom. The monoisotopic (exact) mass is 395 g/mol. The molecule has 0 heterocycles.